The molecule has 0 bridgehead atoms. The summed E-state index contributed by atoms with van der Waals surface area (Å²) < 4.78 is 19.2. The molecule has 0 spiro atoms. The molecule has 0 saturated heterocycles. The lowest BCUT2D eigenvalue weighted by molar-refractivity contribution is 0.286. The van der Waals surface area contributed by atoms with E-state index in [1.54, 1.807) is 24.3 Å². The zero-order valence-corrected chi connectivity index (χ0v) is 12.4. The Labute approximate surface area is 124 Å². The first-order valence-corrected chi connectivity index (χ1v) is 7.21. The summed E-state index contributed by atoms with van der Waals surface area (Å²) in [5, 5.41) is 3.21. The number of rotatable bonds is 7. The normalized spacial score (nSPS) is 10.4. The molecule has 1 N–H and O–H groups in total. The molecule has 1 aromatic heterocycles. The van der Waals surface area contributed by atoms with Crippen LogP contribution in [-0.4, -0.2) is 16.5 Å². The molecule has 0 radical (unpaired) electrons. The van der Waals surface area contributed by atoms with E-state index in [1.165, 1.54) is 6.07 Å². The Morgan fingerprint density at radius 2 is 2.00 bits per heavy atom. The molecule has 21 heavy (non-hydrogen) atoms. The van der Waals surface area contributed by atoms with Gasteiger partial charge < -0.3 is 10.1 Å². The van der Waals surface area contributed by atoms with Crippen LogP contribution in [0.2, 0.25) is 0 Å². The standard InChI is InChI=1S/C16H20FN3O/c1-3-9-18-15-10-16(20-14(4-2)19-15)21-11-12-7-5-6-8-13(12)17/h5-8,10H,3-4,9,11H2,1-2H3,(H,18,19,20). The van der Waals surface area contributed by atoms with Gasteiger partial charge in [0.25, 0.3) is 0 Å². The van der Waals surface area contributed by atoms with E-state index < -0.39 is 0 Å². The van der Waals surface area contributed by atoms with E-state index in [4.69, 9.17) is 4.74 Å². The molecule has 0 aliphatic rings. The zero-order valence-electron chi connectivity index (χ0n) is 12.4. The van der Waals surface area contributed by atoms with E-state index in [2.05, 4.69) is 22.2 Å². The molecule has 1 aromatic carbocycles. The van der Waals surface area contributed by atoms with Crippen molar-refractivity contribution in [3.8, 4) is 5.88 Å². The van der Waals surface area contributed by atoms with Gasteiger partial charge in [0, 0.05) is 24.6 Å². The van der Waals surface area contributed by atoms with Crippen LogP contribution in [0.1, 0.15) is 31.7 Å². The minimum Gasteiger partial charge on any atom is -0.473 e. The molecule has 4 nitrogen and oxygen atoms in total. The van der Waals surface area contributed by atoms with Crippen molar-refractivity contribution in [2.24, 2.45) is 0 Å². The smallest absolute Gasteiger partial charge is 0.219 e. The molecule has 0 amide bonds. The molecule has 5 heteroatoms. The maximum absolute atomic E-state index is 13.6. The molecule has 0 unspecified atom stereocenters. The minimum absolute atomic E-state index is 0.153. The maximum Gasteiger partial charge on any atom is 0.219 e. The van der Waals surface area contributed by atoms with Gasteiger partial charge in [-0.2, -0.15) is 4.98 Å². The fraction of sp³-hybridized carbons (Fsp3) is 0.375. The van der Waals surface area contributed by atoms with Crippen molar-refractivity contribution < 1.29 is 9.13 Å². The van der Waals surface area contributed by atoms with E-state index in [-0.39, 0.29) is 12.4 Å². The number of benzene rings is 1. The Hall–Kier alpha value is -2.17. The highest BCUT2D eigenvalue weighted by molar-refractivity contribution is 5.38. The van der Waals surface area contributed by atoms with Crippen molar-refractivity contribution in [1.29, 1.82) is 0 Å². The summed E-state index contributed by atoms with van der Waals surface area (Å²) in [6.07, 6.45) is 1.73. The van der Waals surface area contributed by atoms with E-state index in [0.717, 1.165) is 25.2 Å². The predicted molar refractivity (Wildman–Crippen MR) is 80.9 cm³/mol. The van der Waals surface area contributed by atoms with Gasteiger partial charge in [-0.3, -0.25) is 0 Å². The molecule has 2 aromatic rings. The van der Waals surface area contributed by atoms with Gasteiger partial charge in [-0.25, -0.2) is 9.37 Å². The highest BCUT2D eigenvalue weighted by Gasteiger charge is 2.06. The van der Waals surface area contributed by atoms with Crippen LogP contribution in [0.5, 0.6) is 5.88 Å². The highest BCUT2D eigenvalue weighted by Crippen LogP contribution is 2.16. The van der Waals surface area contributed by atoms with E-state index in [0.29, 0.717) is 17.3 Å². The molecule has 2 rings (SSSR count). The summed E-state index contributed by atoms with van der Waals surface area (Å²) in [6.45, 7) is 5.07. The van der Waals surface area contributed by atoms with E-state index in [9.17, 15) is 4.39 Å². The molecule has 0 fully saturated rings. The fourth-order valence-corrected chi connectivity index (χ4v) is 1.82. The second-order valence-electron chi connectivity index (χ2n) is 4.67. The Morgan fingerprint density at radius 3 is 2.71 bits per heavy atom. The number of nitrogens with zero attached hydrogens (tertiary/aromatic N) is 2. The SMILES string of the molecule is CCCNc1cc(OCc2ccccc2F)nc(CC)n1. The quantitative estimate of drug-likeness (QED) is 0.846. The molecule has 0 aliphatic carbocycles. The summed E-state index contributed by atoms with van der Waals surface area (Å²) in [5.74, 6) is 1.64. The number of anilines is 1. The molecule has 1 heterocycles. The van der Waals surface area contributed by atoms with Crippen molar-refractivity contribution >= 4 is 5.82 Å². The lowest BCUT2D eigenvalue weighted by atomic mass is 10.2. The fourth-order valence-electron chi connectivity index (χ4n) is 1.82. The van der Waals surface area contributed by atoms with Crippen LogP contribution >= 0.6 is 0 Å². The molecule has 112 valence electrons. The number of aromatic nitrogens is 2. The van der Waals surface area contributed by atoms with Crippen molar-refractivity contribution in [2.75, 3.05) is 11.9 Å². The minimum atomic E-state index is -0.272. The average molecular weight is 289 g/mol. The first-order valence-electron chi connectivity index (χ1n) is 7.21. The zero-order chi connectivity index (χ0) is 15.1. The van der Waals surface area contributed by atoms with Gasteiger partial charge in [0.2, 0.25) is 5.88 Å². The number of hydrogen-bond acceptors (Lipinski definition) is 4. The Balaban J connectivity index is 2.09. The van der Waals surface area contributed by atoms with Crippen LogP contribution in [0.15, 0.2) is 30.3 Å². The van der Waals surface area contributed by atoms with Crippen LogP contribution in [0.25, 0.3) is 0 Å². The average Bonchev–Trinajstić information content (AvgIpc) is 2.52. The summed E-state index contributed by atoms with van der Waals surface area (Å²) in [4.78, 5) is 8.69. The van der Waals surface area contributed by atoms with Crippen LogP contribution in [0.4, 0.5) is 10.2 Å². The number of aryl methyl sites for hydroxylation is 1. The summed E-state index contributed by atoms with van der Waals surface area (Å²) in [5.41, 5.74) is 0.511. The second kappa shape index (κ2) is 7.57. The van der Waals surface area contributed by atoms with Crippen LogP contribution in [-0.2, 0) is 13.0 Å². The number of nitrogens with one attached hydrogen (secondary N) is 1. The van der Waals surface area contributed by atoms with E-state index >= 15 is 0 Å². The van der Waals surface area contributed by atoms with Crippen LogP contribution < -0.4 is 10.1 Å². The molecule has 0 atom stereocenters. The van der Waals surface area contributed by atoms with Gasteiger partial charge in [0.1, 0.15) is 24.1 Å². The van der Waals surface area contributed by atoms with Crippen molar-refractivity contribution in [2.45, 2.75) is 33.3 Å². The highest BCUT2D eigenvalue weighted by atomic mass is 19.1. The van der Waals surface area contributed by atoms with Crippen molar-refractivity contribution in [3.05, 3.63) is 47.5 Å². The molecular weight excluding hydrogens is 269 g/mol. The van der Waals surface area contributed by atoms with Gasteiger partial charge >= 0.3 is 0 Å². The van der Waals surface area contributed by atoms with Crippen LogP contribution in [0.3, 0.4) is 0 Å². The van der Waals surface area contributed by atoms with Gasteiger partial charge in [-0.05, 0) is 12.5 Å². The largest absolute Gasteiger partial charge is 0.473 e. The third-order valence-corrected chi connectivity index (χ3v) is 2.95. The summed E-state index contributed by atoms with van der Waals surface area (Å²) in [7, 11) is 0. The van der Waals surface area contributed by atoms with Gasteiger partial charge in [0.05, 0.1) is 0 Å². The summed E-state index contributed by atoms with van der Waals surface area (Å²) in [6, 6.07) is 8.31. The van der Waals surface area contributed by atoms with Gasteiger partial charge in [0.15, 0.2) is 0 Å². The lowest BCUT2D eigenvalue weighted by Crippen LogP contribution is -2.07. The van der Waals surface area contributed by atoms with Gasteiger partial charge in [-0.15, -0.1) is 0 Å². The number of hydrogen-bond donors (Lipinski definition) is 1. The molecule has 0 aliphatic heterocycles. The lowest BCUT2D eigenvalue weighted by Gasteiger charge is -2.10. The second-order valence-corrected chi connectivity index (χ2v) is 4.67. The first kappa shape index (κ1) is 15.2. The Bertz CT molecular complexity index is 589. The third-order valence-electron chi connectivity index (χ3n) is 2.95. The van der Waals surface area contributed by atoms with Crippen molar-refractivity contribution in [1.82, 2.24) is 9.97 Å². The Kier molecular flexibility index (Phi) is 5.49. The number of halogens is 1. The number of ether oxygens (including phenoxy) is 1. The predicted octanol–water partition coefficient (Wildman–Crippen LogP) is 3.58. The molecule has 0 saturated carbocycles. The maximum atomic E-state index is 13.6. The third kappa shape index (κ3) is 4.41. The monoisotopic (exact) mass is 289 g/mol. The summed E-state index contributed by atoms with van der Waals surface area (Å²) >= 11 is 0. The Morgan fingerprint density at radius 1 is 1.19 bits per heavy atom. The van der Waals surface area contributed by atoms with Crippen molar-refractivity contribution in [3.63, 3.8) is 0 Å². The first-order chi connectivity index (χ1) is 10.2. The van der Waals surface area contributed by atoms with E-state index in [1.807, 2.05) is 6.92 Å². The topological polar surface area (TPSA) is 47.0 Å². The van der Waals surface area contributed by atoms with Gasteiger partial charge in [-0.1, -0.05) is 32.0 Å². The molecular formula is C16H20FN3O. The van der Waals surface area contributed by atoms with Crippen LogP contribution in [0, 0.1) is 5.82 Å².